The number of thiophene rings is 1. The van der Waals surface area contributed by atoms with Gasteiger partial charge in [-0.25, -0.2) is 5.48 Å². The zero-order chi connectivity index (χ0) is 17.6. The highest BCUT2D eigenvalue weighted by Gasteiger charge is 2.51. The molecule has 0 radical (unpaired) electrons. The van der Waals surface area contributed by atoms with Crippen LogP contribution in [0.4, 0.5) is 0 Å². The van der Waals surface area contributed by atoms with Crippen LogP contribution in [0.25, 0.3) is 0 Å². The van der Waals surface area contributed by atoms with Gasteiger partial charge in [0.25, 0.3) is 5.91 Å². The zero-order valence-electron chi connectivity index (χ0n) is 14.6. The number of nitrogens with one attached hydrogen (secondary N) is 2. The van der Waals surface area contributed by atoms with Crippen molar-refractivity contribution in [2.24, 2.45) is 23.2 Å². The maximum Gasteiger partial charge on any atom is 0.284 e. The van der Waals surface area contributed by atoms with Gasteiger partial charge in [0.1, 0.15) is 0 Å². The summed E-state index contributed by atoms with van der Waals surface area (Å²) in [6.07, 6.45) is 8.53. The molecule has 5 nitrogen and oxygen atoms in total. The third-order valence-electron chi connectivity index (χ3n) is 6.46. The quantitative estimate of drug-likeness (QED) is 0.553. The van der Waals surface area contributed by atoms with Gasteiger partial charge in [-0.15, -0.1) is 11.3 Å². The van der Waals surface area contributed by atoms with Crippen LogP contribution in [-0.2, 0) is 4.79 Å². The van der Waals surface area contributed by atoms with E-state index in [4.69, 9.17) is 5.21 Å². The largest absolute Gasteiger partial charge is 0.349 e. The summed E-state index contributed by atoms with van der Waals surface area (Å²) in [7, 11) is 0. The predicted molar refractivity (Wildman–Crippen MR) is 95.4 cm³/mol. The minimum atomic E-state index is -0.511. The molecular formula is C19H26N2O3S. The number of hydrogen-bond donors (Lipinski definition) is 3. The molecule has 136 valence electrons. The van der Waals surface area contributed by atoms with Crippen molar-refractivity contribution >= 4 is 23.2 Å². The normalized spacial score (nSPS) is 33.9. The Balaban J connectivity index is 1.37. The third-order valence-corrected chi connectivity index (χ3v) is 7.72. The van der Waals surface area contributed by atoms with Crippen LogP contribution in [0.3, 0.4) is 0 Å². The lowest BCUT2D eigenvalue weighted by molar-refractivity contribution is -0.130. The second-order valence-electron chi connectivity index (χ2n) is 8.53. The van der Waals surface area contributed by atoms with Gasteiger partial charge in [-0.1, -0.05) is 0 Å². The minimum absolute atomic E-state index is 0.119. The fourth-order valence-corrected chi connectivity index (χ4v) is 6.87. The first kappa shape index (κ1) is 17.0. The van der Waals surface area contributed by atoms with E-state index < -0.39 is 5.91 Å². The molecule has 0 aromatic carbocycles. The molecule has 4 bridgehead atoms. The molecule has 4 aliphatic rings. The lowest BCUT2D eigenvalue weighted by atomic mass is 9.49. The summed E-state index contributed by atoms with van der Waals surface area (Å²) >= 11 is 1.30. The number of rotatable bonds is 5. The van der Waals surface area contributed by atoms with Crippen LogP contribution in [0.5, 0.6) is 0 Å². The van der Waals surface area contributed by atoms with E-state index in [1.807, 2.05) is 13.0 Å². The van der Waals surface area contributed by atoms with E-state index in [2.05, 4.69) is 5.32 Å². The first-order valence-corrected chi connectivity index (χ1v) is 10.1. The highest BCUT2D eigenvalue weighted by molar-refractivity contribution is 7.14. The van der Waals surface area contributed by atoms with Gasteiger partial charge in [-0.3, -0.25) is 14.8 Å². The Morgan fingerprint density at radius 2 is 1.80 bits per heavy atom. The molecule has 3 N–H and O–H groups in total. The summed E-state index contributed by atoms with van der Waals surface area (Å²) in [6, 6.07) is 3.39. The first-order valence-electron chi connectivity index (χ1n) is 9.30. The van der Waals surface area contributed by atoms with Gasteiger partial charge < -0.3 is 5.32 Å². The van der Waals surface area contributed by atoms with E-state index in [-0.39, 0.29) is 17.4 Å². The summed E-state index contributed by atoms with van der Waals surface area (Å²) < 4.78 is 0. The molecule has 2 amide bonds. The van der Waals surface area contributed by atoms with E-state index in [9.17, 15) is 9.59 Å². The van der Waals surface area contributed by atoms with E-state index in [1.54, 1.807) is 11.5 Å². The summed E-state index contributed by atoms with van der Waals surface area (Å²) in [4.78, 5) is 25.5. The van der Waals surface area contributed by atoms with Gasteiger partial charge in [-0.2, -0.15) is 0 Å². The van der Waals surface area contributed by atoms with Crippen LogP contribution in [0, 0.1) is 23.2 Å². The van der Waals surface area contributed by atoms with Gasteiger partial charge in [-0.05, 0) is 80.8 Å². The summed E-state index contributed by atoms with van der Waals surface area (Å²) in [5, 5.41) is 11.8. The molecule has 5 rings (SSSR count). The van der Waals surface area contributed by atoms with Gasteiger partial charge in [0.05, 0.1) is 10.9 Å². The molecule has 0 saturated heterocycles. The minimum Gasteiger partial charge on any atom is -0.349 e. The molecule has 6 heteroatoms. The number of hydrogen-bond acceptors (Lipinski definition) is 4. The molecular weight excluding hydrogens is 336 g/mol. The maximum absolute atomic E-state index is 12.7. The molecule has 4 saturated carbocycles. The average molecular weight is 362 g/mol. The average Bonchev–Trinajstić information content (AvgIpc) is 3.02. The summed E-state index contributed by atoms with van der Waals surface area (Å²) in [6.45, 7) is 1.95. The van der Waals surface area contributed by atoms with Crippen molar-refractivity contribution in [2.75, 3.05) is 0 Å². The van der Waals surface area contributed by atoms with Crippen molar-refractivity contribution in [3.05, 3.63) is 21.9 Å². The van der Waals surface area contributed by atoms with Gasteiger partial charge >= 0.3 is 0 Å². The van der Waals surface area contributed by atoms with Crippen molar-refractivity contribution < 1.29 is 14.8 Å². The molecule has 0 aliphatic heterocycles. The Morgan fingerprint density at radius 3 is 2.36 bits per heavy atom. The smallest absolute Gasteiger partial charge is 0.284 e. The van der Waals surface area contributed by atoms with Gasteiger partial charge in [0, 0.05) is 11.3 Å². The summed E-state index contributed by atoms with van der Waals surface area (Å²) in [5.74, 6) is 2.19. The highest BCUT2D eigenvalue weighted by atomic mass is 32.1. The Morgan fingerprint density at radius 1 is 1.20 bits per heavy atom. The number of hydroxylamine groups is 1. The molecule has 25 heavy (non-hydrogen) atoms. The topological polar surface area (TPSA) is 78.4 Å². The maximum atomic E-state index is 12.7. The number of amides is 2. The molecule has 1 aromatic rings. The highest BCUT2D eigenvalue weighted by Crippen LogP contribution is 2.61. The second kappa shape index (κ2) is 6.40. The van der Waals surface area contributed by atoms with Crippen molar-refractivity contribution in [3.8, 4) is 0 Å². The molecule has 1 aromatic heterocycles. The van der Waals surface area contributed by atoms with E-state index >= 15 is 0 Å². The molecule has 1 atom stereocenters. The number of carbonyl (C=O) groups is 2. The lowest BCUT2D eigenvalue weighted by Gasteiger charge is -2.56. The van der Waals surface area contributed by atoms with Gasteiger partial charge in [0.2, 0.25) is 5.91 Å². The first-order chi connectivity index (χ1) is 12.0. The standard InChI is InChI=1S/C19H26N2O3S/c1-11(15-2-3-16(25-15)18(23)21-24)20-17(22)10-19-7-12-4-13(8-19)6-14(5-12)9-19/h2-3,11-14,24H,4-10H2,1H3,(H,20,22)(H,21,23)/t11-,12?,13?,14?,19?/m1/s1. The van der Waals surface area contributed by atoms with E-state index in [0.717, 1.165) is 22.6 Å². The van der Waals surface area contributed by atoms with Crippen molar-refractivity contribution in [3.63, 3.8) is 0 Å². The number of carbonyl (C=O) groups excluding carboxylic acids is 2. The fraction of sp³-hybridized carbons (Fsp3) is 0.684. The Bertz CT molecular complexity index is 649. The van der Waals surface area contributed by atoms with Crippen LogP contribution in [0.2, 0.25) is 0 Å². The summed E-state index contributed by atoms with van der Waals surface area (Å²) in [5.41, 5.74) is 1.89. The Labute approximate surface area is 152 Å². The van der Waals surface area contributed by atoms with E-state index in [0.29, 0.717) is 11.3 Å². The third kappa shape index (κ3) is 3.34. The van der Waals surface area contributed by atoms with Crippen LogP contribution in [0.15, 0.2) is 12.1 Å². The molecule has 1 heterocycles. The molecule has 4 fully saturated rings. The zero-order valence-corrected chi connectivity index (χ0v) is 15.4. The Kier molecular flexibility index (Phi) is 4.36. The van der Waals surface area contributed by atoms with Crippen molar-refractivity contribution in [1.29, 1.82) is 0 Å². The molecule has 0 unspecified atom stereocenters. The second-order valence-corrected chi connectivity index (χ2v) is 9.64. The monoisotopic (exact) mass is 362 g/mol. The lowest BCUT2D eigenvalue weighted by Crippen LogP contribution is -2.48. The van der Waals surface area contributed by atoms with Crippen molar-refractivity contribution in [1.82, 2.24) is 10.8 Å². The van der Waals surface area contributed by atoms with Crippen LogP contribution in [-0.4, -0.2) is 17.0 Å². The van der Waals surface area contributed by atoms with Crippen LogP contribution < -0.4 is 10.8 Å². The molecule has 4 aliphatic carbocycles. The fourth-order valence-electron chi connectivity index (χ4n) is 5.97. The Hall–Kier alpha value is -1.40. The molecule has 0 spiro atoms. The van der Waals surface area contributed by atoms with Crippen molar-refractivity contribution in [2.45, 2.75) is 57.9 Å². The van der Waals surface area contributed by atoms with Gasteiger partial charge in [0.15, 0.2) is 0 Å². The SMILES string of the molecule is C[C@@H](NC(=O)CC12CC3CC(CC(C3)C1)C2)c1ccc(C(=O)NO)s1. The van der Waals surface area contributed by atoms with E-state index in [1.165, 1.54) is 49.9 Å². The van der Waals surface area contributed by atoms with Crippen LogP contribution >= 0.6 is 11.3 Å². The van der Waals surface area contributed by atoms with Crippen LogP contribution in [0.1, 0.15) is 72.5 Å². The predicted octanol–water partition coefficient (Wildman–Crippen LogP) is 3.65.